The number of Topliss-reactive ketones (excluding diaryl/α,β-unsaturated/α-hetero) is 1. The van der Waals surface area contributed by atoms with Gasteiger partial charge in [0, 0.05) is 5.56 Å². The van der Waals surface area contributed by atoms with E-state index in [0.717, 1.165) is 11.3 Å². The molecular weight excluding hydrogens is 232 g/mol. The van der Waals surface area contributed by atoms with Crippen LogP contribution in [0.3, 0.4) is 0 Å². The maximum absolute atomic E-state index is 12.2. The molecule has 1 aliphatic rings. The Kier molecular flexibility index (Phi) is 3.65. The molecule has 1 atom stereocenters. The number of hydrogen-bond acceptors (Lipinski definition) is 4. The highest BCUT2D eigenvalue weighted by atomic mass is 16.5. The van der Waals surface area contributed by atoms with E-state index in [-0.39, 0.29) is 5.78 Å². The Morgan fingerprint density at radius 2 is 2.22 bits per heavy atom. The first kappa shape index (κ1) is 12.6. The van der Waals surface area contributed by atoms with E-state index in [2.05, 4.69) is 0 Å². The summed E-state index contributed by atoms with van der Waals surface area (Å²) in [6.07, 6.45) is 1.21. The number of ketones is 1. The second-order valence-electron chi connectivity index (χ2n) is 4.23. The molecule has 1 aromatic carbocycles. The topological polar surface area (TPSA) is 52.6 Å². The summed E-state index contributed by atoms with van der Waals surface area (Å²) in [5, 5.41) is 0. The summed E-state index contributed by atoms with van der Waals surface area (Å²) in [6, 6.07) is 5.32. The predicted octanol–water partition coefficient (Wildman–Crippen LogP) is 2.00. The Morgan fingerprint density at radius 1 is 1.44 bits per heavy atom. The van der Waals surface area contributed by atoms with Crippen molar-refractivity contribution in [1.82, 2.24) is 0 Å². The summed E-state index contributed by atoms with van der Waals surface area (Å²) in [6.45, 7) is 2.04. The molecule has 0 unspecified atom stereocenters. The van der Waals surface area contributed by atoms with Crippen LogP contribution in [0.4, 0.5) is 0 Å². The van der Waals surface area contributed by atoms with Crippen molar-refractivity contribution in [2.45, 2.75) is 19.8 Å². The van der Waals surface area contributed by atoms with Gasteiger partial charge in [-0.3, -0.25) is 9.59 Å². The summed E-state index contributed by atoms with van der Waals surface area (Å²) >= 11 is 0. The first-order chi connectivity index (χ1) is 8.67. The van der Waals surface area contributed by atoms with Crippen LogP contribution in [0.5, 0.6) is 5.75 Å². The number of carbonyl (C=O) groups is 2. The van der Waals surface area contributed by atoms with Gasteiger partial charge in [0.05, 0.1) is 13.7 Å². The molecule has 1 aromatic rings. The average Bonchev–Trinajstić information content (AvgIpc) is 2.38. The predicted molar refractivity (Wildman–Crippen MR) is 65.8 cm³/mol. The second-order valence-corrected chi connectivity index (χ2v) is 4.23. The van der Waals surface area contributed by atoms with Crippen molar-refractivity contribution in [3.63, 3.8) is 0 Å². The summed E-state index contributed by atoms with van der Waals surface area (Å²) < 4.78 is 10.1. The van der Waals surface area contributed by atoms with Gasteiger partial charge in [0.2, 0.25) is 0 Å². The highest BCUT2D eigenvalue weighted by Crippen LogP contribution is 2.29. The summed E-state index contributed by atoms with van der Waals surface area (Å²) in [4.78, 5) is 23.9. The molecular formula is C14H16O4. The second kappa shape index (κ2) is 5.21. The van der Waals surface area contributed by atoms with Gasteiger partial charge in [0.15, 0.2) is 5.78 Å². The number of methoxy groups -OCH3 is 1. The minimum atomic E-state index is -0.647. The van der Waals surface area contributed by atoms with Gasteiger partial charge in [0.25, 0.3) is 0 Å². The molecule has 0 radical (unpaired) electrons. The minimum absolute atomic E-state index is 0.141. The molecule has 96 valence electrons. The van der Waals surface area contributed by atoms with Crippen LogP contribution in [-0.4, -0.2) is 25.5 Å². The van der Waals surface area contributed by atoms with E-state index >= 15 is 0 Å². The van der Waals surface area contributed by atoms with Gasteiger partial charge in [-0.15, -0.1) is 0 Å². The Morgan fingerprint density at radius 3 is 2.89 bits per heavy atom. The number of aryl methyl sites for hydroxylation is 1. The molecule has 0 bridgehead atoms. The Bertz CT molecular complexity index is 479. The van der Waals surface area contributed by atoms with E-state index in [4.69, 9.17) is 9.47 Å². The minimum Gasteiger partial charge on any atom is -0.497 e. The zero-order valence-corrected chi connectivity index (χ0v) is 10.6. The summed E-state index contributed by atoms with van der Waals surface area (Å²) in [5.41, 5.74) is 1.56. The molecule has 2 rings (SSSR count). The van der Waals surface area contributed by atoms with E-state index in [0.29, 0.717) is 25.0 Å². The van der Waals surface area contributed by atoms with Crippen molar-refractivity contribution in [3.05, 3.63) is 29.3 Å². The fourth-order valence-electron chi connectivity index (χ4n) is 2.23. The van der Waals surface area contributed by atoms with Crippen molar-refractivity contribution in [2.75, 3.05) is 13.7 Å². The number of carbonyl (C=O) groups excluding carboxylic acids is 2. The highest BCUT2D eigenvalue weighted by molar-refractivity contribution is 6.10. The number of rotatable bonds is 3. The van der Waals surface area contributed by atoms with Crippen LogP contribution >= 0.6 is 0 Å². The molecule has 0 aliphatic heterocycles. The molecule has 4 nitrogen and oxygen atoms in total. The van der Waals surface area contributed by atoms with Gasteiger partial charge in [-0.05, 0) is 43.5 Å². The van der Waals surface area contributed by atoms with Gasteiger partial charge in [-0.1, -0.05) is 0 Å². The fraction of sp³-hybridized carbons (Fsp3) is 0.429. The largest absolute Gasteiger partial charge is 0.497 e. The summed E-state index contributed by atoms with van der Waals surface area (Å²) in [5.74, 6) is -0.469. The van der Waals surface area contributed by atoms with Crippen LogP contribution in [0.15, 0.2) is 18.2 Å². The Balaban J connectivity index is 2.26. The standard InChI is InChI=1S/C14H16O4/c1-3-18-14(16)12-6-4-9-8-10(17-2)5-7-11(9)13(12)15/h5,7-8,12H,3-4,6H2,1-2H3/t12-/m0/s1. The van der Waals surface area contributed by atoms with Crippen LogP contribution < -0.4 is 4.74 Å². The first-order valence-corrected chi connectivity index (χ1v) is 6.05. The van der Waals surface area contributed by atoms with Crippen molar-refractivity contribution in [1.29, 1.82) is 0 Å². The van der Waals surface area contributed by atoms with E-state index in [9.17, 15) is 9.59 Å². The maximum atomic E-state index is 12.2. The zero-order chi connectivity index (χ0) is 13.1. The highest BCUT2D eigenvalue weighted by Gasteiger charge is 2.33. The normalized spacial score (nSPS) is 18.1. The molecule has 0 N–H and O–H groups in total. The van der Waals surface area contributed by atoms with Gasteiger partial charge < -0.3 is 9.47 Å². The summed E-state index contributed by atoms with van der Waals surface area (Å²) in [7, 11) is 1.59. The monoisotopic (exact) mass is 248 g/mol. The first-order valence-electron chi connectivity index (χ1n) is 6.05. The number of ether oxygens (including phenoxy) is 2. The van der Waals surface area contributed by atoms with Gasteiger partial charge in [0.1, 0.15) is 11.7 Å². The smallest absolute Gasteiger partial charge is 0.316 e. The molecule has 0 saturated heterocycles. The molecule has 0 spiro atoms. The maximum Gasteiger partial charge on any atom is 0.316 e. The van der Waals surface area contributed by atoms with Crippen LogP contribution in [0.2, 0.25) is 0 Å². The number of fused-ring (bicyclic) bond motifs is 1. The average molecular weight is 248 g/mol. The SMILES string of the molecule is CCOC(=O)[C@H]1CCc2cc(OC)ccc2C1=O. The number of esters is 1. The Hall–Kier alpha value is -1.84. The third-order valence-electron chi connectivity index (χ3n) is 3.17. The Labute approximate surface area is 106 Å². The van der Waals surface area contributed by atoms with Crippen molar-refractivity contribution < 1.29 is 19.1 Å². The van der Waals surface area contributed by atoms with Gasteiger partial charge in [-0.2, -0.15) is 0 Å². The lowest BCUT2D eigenvalue weighted by Gasteiger charge is -2.22. The lowest BCUT2D eigenvalue weighted by atomic mass is 9.82. The van der Waals surface area contributed by atoms with Crippen LogP contribution in [-0.2, 0) is 16.0 Å². The van der Waals surface area contributed by atoms with Crippen LogP contribution in [0.1, 0.15) is 29.3 Å². The van der Waals surface area contributed by atoms with Crippen molar-refractivity contribution in [3.8, 4) is 5.75 Å². The third kappa shape index (κ3) is 2.23. The third-order valence-corrected chi connectivity index (χ3v) is 3.17. The molecule has 0 aromatic heterocycles. The molecule has 1 aliphatic carbocycles. The molecule has 0 heterocycles. The molecule has 4 heteroatoms. The molecule has 0 fully saturated rings. The van der Waals surface area contributed by atoms with Crippen LogP contribution in [0, 0.1) is 5.92 Å². The van der Waals surface area contributed by atoms with Gasteiger partial charge in [-0.25, -0.2) is 0 Å². The molecule has 0 amide bonds. The van der Waals surface area contributed by atoms with Crippen molar-refractivity contribution >= 4 is 11.8 Å². The molecule has 0 saturated carbocycles. The number of benzene rings is 1. The fourth-order valence-corrected chi connectivity index (χ4v) is 2.23. The lowest BCUT2D eigenvalue weighted by Crippen LogP contribution is -2.30. The van der Waals surface area contributed by atoms with Gasteiger partial charge >= 0.3 is 5.97 Å². The quantitative estimate of drug-likeness (QED) is 0.606. The zero-order valence-electron chi connectivity index (χ0n) is 10.6. The number of hydrogen-bond donors (Lipinski definition) is 0. The van der Waals surface area contributed by atoms with E-state index < -0.39 is 11.9 Å². The molecule has 18 heavy (non-hydrogen) atoms. The lowest BCUT2D eigenvalue weighted by molar-refractivity contribution is -0.146. The van der Waals surface area contributed by atoms with E-state index in [1.165, 1.54) is 0 Å². The van der Waals surface area contributed by atoms with Crippen LogP contribution in [0.25, 0.3) is 0 Å². The van der Waals surface area contributed by atoms with Crippen molar-refractivity contribution in [2.24, 2.45) is 5.92 Å². The van der Waals surface area contributed by atoms with E-state index in [1.807, 2.05) is 6.07 Å². The van der Waals surface area contributed by atoms with E-state index in [1.54, 1.807) is 26.2 Å².